The van der Waals surface area contributed by atoms with Crippen LogP contribution in [0.4, 0.5) is 5.82 Å². The maximum absolute atomic E-state index is 13.4. The lowest BCUT2D eigenvalue weighted by molar-refractivity contribution is -0.0320. The van der Waals surface area contributed by atoms with E-state index in [4.69, 9.17) is 27.9 Å². The van der Waals surface area contributed by atoms with E-state index < -0.39 is 10.0 Å². The van der Waals surface area contributed by atoms with Gasteiger partial charge < -0.3 is 15.0 Å². The molecule has 1 aromatic heterocycles. The van der Waals surface area contributed by atoms with Crippen molar-refractivity contribution in [1.82, 2.24) is 24.1 Å². The van der Waals surface area contributed by atoms with Crippen LogP contribution in [0.2, 0.25) is 10.0 Å². The van der Waals surface area contributed by atoms with Gasteiger partial charge in [0.2, 0.25) is 10.0 Å². The number of hydrogen-bond donors (Lipinski definition) is 1. The van der Waals surface area contributed by atoms with E-state index in [2.05, 4.69) is 20.2 Å². The van der Waals surface area contributed by atoms with Gasteiger partial charge >= 0.3 is 0 Å². The monoisotopic (exact) mass is 598 g/mol. The van der Waals surface area contributed by atoms with Gasteiger partial charge in [0.25, 0.3) is 5.91 Å². The first-order valence-electron chi connectivity index (χ1n) is 13.0. The van der Waals surface area contributed by atoms with Gasteiger partial charge in [0.1, 0.15) is 17.8 Å². The molecule has 2 atom stereocenters. The molecule has 214 valence electrons. The van der Waals surface area contributed by atoms with Crippen LogP contribution in [0.25, 0.3) is 0 Å². The van der Waals surface area contributed by atoms with E-state index in [-0.39, 0.29) is 18.1 Å². The lowest BCUT2D eigenvalue weighted by atomic mass is 9.96. The summed E-state index contributed by atoms with van der Waals surface area (Å²) in [5.74, 6) is 0.496. The average Bonchev–Trinajstić information content (AvgIpc) is 2.92. The van der Waals surface area contributed by atoms with Gasteiger partial charge in [-0.2, -0.15) is 4.31 Å². The molecule has 3 heterocycles. The molecule has 2 saturated heterocycles. The minimum absolute atomic E-state index is 0.103. The summed E-state index contributed by atoms with van der Waals surface area (Å²) in [6, 6.07) is 5.56. The van der Waals surface area contributed by atoms with Crippen molar-refractivity contribution in [3.63, 3.8) is 0 Å². The molecule has 39 heavy (non-hydrogen) atoms. The van der Waals surface area contributed by atoms with Crippen molar-refractivity contribution >= 4 is 45.0 Å². The molecule has 2 fully saturated rings. The first-order chi connectivity index (χ1) is 18.5. The SMILES string of the molecule is COC1CN(C2CCN(C(=O)c3ncnc(NCc4ccc(Cl)c(Cl)c4)c3C)CC2)CCC1N(C)S(C)(=O)=O. The summed E-state index contributed by atoms with van der Waals surface area (Å²) < 4.78 is 31.2. The van der Waals surface area contributed by atoms with E-state index in [1.165, 1.54) is 16.9 Å². The van der Waals surface area contributed by atoms with E-state index in [1.807, 2.05) is 17.9 Å². The standard InChI is InChI=1S/C26H36Cl2N6O4S/c1-17-24(30-16-31-25(17)29-14-18-5-6-20(27)21(28)13-18)26(35)33-10-7-19(8-11-33)34-12-9-22(23(15-34)38-3)32(2)39(4,36)37/h5-6,13,16,19,22-23H,7-12,14-15H2,1-4H3,(H,29,30,31). The largest absolute Gasteiger partial charge is 0.378 e. The first kappa shape index (κ1) is 30.0. The highest BCUT2D eigenvalue weighted by molar-refractivity contribution is 7.88. The Kier molecular flexibility index (Phi) is 9.72. The van der Waals surface area contributed by atoms with Crippen molar-refractivity contribution in [2.75, 3.05) is 51.9 Å². The number of amides is 1. The van der Waals surface area contributed by atoms with Crippen LogP contribution in [0.3, 0.4) is 0 Å². The number of carbonyl (C=O) groups is 1. The van der Waals surface area contributed by atoms with Crippen LogP contribution in [0.5, 0.6) is 0 Å². The number of methoxy groups -OCH3 is 1. The zero-order valence-corrected chi connectivity index (χ0v) is 25.1. The second-order valence-corrected chi connectivity index (χ2v) is 13.1. The summed E-state index contributed by atoms with van der Waals surface area (Å²) in [6.45, 7) is 5.03. The smallest absolute Gasteiger partial charge is 0.272 e. The van der Waals surface area contributed by atoms with Gasteiger partial charge in [-0.3, -0.25) is 9.69 Å². The number of likely N-dealkylation sites (N-methyl/N-ethyl adjacent to an activating group) is 1. The van der Waals surface area contributed by atoms with Crippen LogP contribution in [0.1, 0.15) is 40.9 Å². The van der Waals surface area contributed by atoms with Crippen LogP contribution in [0, 0.1) is 6.92 Å². The number of aromatic nitrogens is 2. The van der Waals surface area contributed by atoms with Crippen molar-refractivity contribution in [3.8, 4) is 0 Å². The molecular formula is C26H36Cl2N6O4S. The first-order valence-corrected chi connectivity index (χ1v) is 15.6. The van der Waals surface area contributed by atoms with Gasteiger partial charge in [-0.1, -0.05) is 29.3 Å². The molecule has 2 aromatic rings. The second kappa shape index (κ2) is 12.7. The number of likely N-dealkylation sites (tertiary alicyclic amines) is 2. The summed E-state index contributed by atoms with van der Waals surface area (Å²) in [5.41, 5.74) is 2.04. The summed E-state index contributed by atoms with van der Waals surface area (Å²) >= 11 is 12.1. The summed E-state index contributed by atoms with van der Waals surface area (Å²) in [4.78, 5) is 26.3. The van der Waals surface area contributed by atoms with E-state index in [1.54, 1.807) is 26.3 Å². The quantitative estimate of drug-likeness (QED) is 0.493. The number of halogens is 2. The molecule has 1 amide bonds. The number of rotatable bonds is 8. The molecule has 10 nitrogen and oxygen atoms in total. The van der Waals surface area contributed by atoms with E-state index in [9.17, 15) is 13.2 Å². The fourth-order valence-corrected chi connectivity index (χ4v) is 6.47. The number of carbonyl (C=O) groups excluding carboxylic acids is 1. The highest BCUT2D eigenvalue weighted by atomic mass is 35.5. The Morgan fingerprint density at radius 2 is 1.87 bits per heavy atom. The number of nitrogens with one attached hydrogen (secondary N) is 1. The second-order valence-electron chi connectivity index (χ2n) is 10.2. The molecule has 1 aromatic carbocycles. The Bertz CT molecular complexity index is 1290. The van der Waals surface area contributed by atoms with Crippen LogP contribution in [-0.4, -0.2) is 103 Å². The van der Waals surface area contributed by atoms with Gasteiger partial charge in [0.15, 0.2) is 0 Å². The van der Waals surface area contributed by atoms with Gasteiger partial charge in [-0.25, -0.2) is 18.4 Å². The lowest BCUT2D eigenvalue weighted by Gasteiger charge is -2.45. The van der Waals surface area contributed by atoms with E-state index in [0.717, 1.165) is 24.9 Å². The molecule has 13 heteroatoms. The number of sulfonamides is 1. The molecule has 4 rings (SSSR count). The summed E-state index contributed by atoms with van der Waals surface area (Å²) in [5, 5.41) is 4.25. The molecule has 0 spiro atoms. The van der Waals surface area contributed by atoms with E-state index in [0.29, 0.717) is 65.8 Å². The number of ether oxygens (including phenoxy) is 1. The van der Waals surface area contributed by atoms with Crippen molar-refractivity contribution in [2.45, 2.75) is 50.9 Å². The topological polar surface area (TPSA) is 108 Å². The Balaban J connectivity index is 1.34. The fraction of sp³-hybridized carbons (Fsp3) is 0.577. The Hall–Kier alpha value is -2.02. The molecule has 1 N–H and O–H groups in total. The maximum Gasteiger partial charge on any atom is 0.272 e. The zero-order chi connectivity index (χ0) is 28.3. The third kappa shape index (κ3) is 7.01. The lowest BCUT2D eigenvalue weighted by Crippen LogP contribution is -2.58. The van der Waals surface area contributed by atoms with Crippen LogP contribution in [-0.2, 0) is 21.3 Å². The van der Waals surface area contributed by atoms with Gasteiger partial charge in [0.05, 0.1) is 28.4 Å². The van der Waals surface area contributed by atoms with Gasteiger partial charge in [-0.15, -0.1) is 0 Å². The third-order valence-electron chi connectivity index (χ3n) is 7.85. The highest BCUT2D eigenvalue weighted by Crippen LogP contribution is 2.27. The summed E-state index contributed by atoms with van der Waals surface area (Å²) in [7, 11) is -0.0379. The van der Waals surface area contributed by atoms with Crippen LogP contribution < -0.4 is 5.32 Å². The molecule has 2 aliphatic heterocycles. The van der Waals surface area contributed by atoms with Crippen molar-refractivity contribution < 1.29 is 17.9 Å². The molecule has 2 aliphatic rings. The number of piperidine rings is 2. The number of nitrogens with zero attached hydrogens (tertiary/aromatic N) is 5. The molecule has 2 unspecified atom stereocenters. The van der Waals surface area contributed by atoms with Crippen LogP contribution >= 0.6 is 23.2 Å². The molecular weight excluding hydrogens is 563 g/mol. The Labute approximate surface area is 240 Å². The van der Waals surface area contributed by atoms with Crippen molar-refractivity contribution in [3.05, 3.63) is 51.4 Å². The third-order valence-corrected chi connectivity index (χ3v) is 9.90. The Morgan fingerprint density at radius 3 is 2.51 bits per heavy atom. The fourth-order valence-electron chi connectivity index (χ4n) is 5.42. The predicted molar refractivity (Wildman–Crippen MR) is 153 cm³/mol. The Morgan fingerprint density at radius 1 is 1.15 bits per heavy atom. The highest BCUT2D eigenvalue weighted by Gasteiger charge is 2.38. The maximum atomic E-state index is 13.4. The summed E-state index contributed by atoms with van der Waals surface area (Å²) in [6.07, 6.45) is 4.82. The average molecular weight is 600 g/mol. The van der Waals surface area contributed by atoms with Gasteiger partial charge in [0, 0.05) is 58.5 Å². The zero-order valence-electron chi connectivity index (χ0n) is 22.7. The molecule has 0 aliphatic carbocycles. The van der Waals surface area contributed by atoms with Gasteiger partial charge in [-0.05, 0) is 43.9 Å². The number of hydrogen-bond acceptors (Lipinski definition) is 8. The van der Waals surface area contributed by atoms with Crippen LogP contribution in [0.15, 0.2) is 24.5 Å². The van der Waals surface area contributed by atoms with Crippen molar-refractivity contribution in [1.29, 1.82) is 0 Å². The molecule has 0 bridgehead atoms. The number of anilines is 1. The van der Waals surface area contributed by atoms with Crippen molar-refractivity contribution in [2.24, 2.45) is 0 Å². The van der Waals surface area contributed by atoms with E-state index >= 15 is 0 Å². The predicted octanol–water partition coefficient (Wildman–Crippen LogP) is 3.29. The minimum Gasteiger partial charge on any atom is -0.378 e. The molecule has 0 radical (unpaired) electrons. The molecule has 0 saturated carbocycles. The minimum atomic E-state index is -3.29. The number of benzene rings is 1. The normalized spacial score (nSPS) is 21.4.